The number of aromatic nitrogens is 3. The van der Waals surface area contributed by atoms with Gasteiger partial charge in [0.25, 0.3) is 0 Å². The maximum atomic E-state index is 12.7. The lowest BCUT2D eigenvalue weighted by Crippen LogP contribution is -2.06. The standard InChI is InChI=1S/C18H15ClF2N4O/c1-22-18-24-9-12(10-25-18)5-11-6-15(13-3-2-4-14(19)7-13)16(23-8-11)26-17(20)21/h2-4,6-10,17H,5H2,1H3,(H,22,24,25). The molecule has 5 nitrogen and oxygen atoms in total. The summed E-state index contributed by atoms with van der Waals surface area (Å²) in [7, 11) is 1.73. The Hall–Kier alpha value is -2.80. The Kier molecular flexibility index (Phi) is 5.58. The number of halogens is 3. The van der Waals surface area contributed by atoms with E-state index in [1.165, 1.54) is 6.20 Å². The lowest BCUT2D eigenvalue weighted by molar-refractivity contribution is -0.0524. The van der Waals surface area contributed by atoms with Gasteiger partial charge in [-0.25, -0.2) is 15.0 Å². The highest BCUT2D eigenvalue weighted by Gasteiger charge is 2.14. The molecule has 0 radical (unpaired) electrons. The first kappa shape index (κ1) is 18.0. The minimum Gasteiger partial charge on any atom is -0.416 e. The van der Waals surface area contributed by atoms with Crippen molar-refractivity contribution in [1.82, 2.24) is 15.0 Å². The smallest absolute Gasteiger partial charge is 0.388 e. The molecule has 0 aliphatic carbocycles. The van der Waals surface area contributed by atoms with Crippen LogP contribution >= 0.6 is 11.6 Å². The van der Waals surface area contributed by atoms with Crippen molar-refractivity contribution in [1.29, 1.82) is 0 Å². The third kappa shape index (κ3) is 4.43. The van der Waals surface area contributed by atoms with E-state index in [2.05, 4.69) is 25.0 Å². The van der Waals surface area contributed by atoms with Crippen LogP contribution in [0.5, 0.6) is 5.88 Å². The van der Waals surface area contributed by atoms with Crippen molar-refractivity contribution in [3.8, 4) is 17.0 Å². The lowest BCUT2D eigenvalue weighted by atomic mass is 10.0. The molecule has 2 heterocycles. The van der Waals surface area contributed by atoms with E-state index in [0.29, 0.717) is 28.5 Å². The van der Waals surface area contributed by atoms with Crippen LogP contribution in [0.3, 0.4) is 0 Å². The fourth-order valence-corrected chi connectivity index (χ4v) is 2.63. The van der Waals surface area contributed by atoms with Crippen LogP contribution in [0.15, 0.2) is 48.9 Å². The molecule has 0 saturated carbocycles. The summed E-state index contributed by atoms with van der Waals surface area (Å²) in [6.45, 7) is -2.96. The molecule has 2 aromatic heterocycles. The van der Waals surface area contributed by atoms with Gasteiger partial charge in [-0.15, -0.1) is 0 Å². The van der Waals surface area contributed by atoms with Gasteiger partial charge in [-0.1, -0.05) is 23.7 Å². The average Bonchev–Trinajstić information content (AvgIpc) is 2.63. The van der Waals surface area contributed by atoms with Crippen LogP contribution in [-0.4, -0.2) is 28.6 Å². The van der Waals surface area contributed by atoms with E-state index in [9.17, 15) is 8.78 Å². The van der Waals surface area contributed by atoms with Gasteiger partial charge in [0.1, 0.15) is 0 Å². The van der Waals surface area contributed by atoms with E-state index < -0.39 is 6.61 Å². The van der Waals surface area contributed by atoms with Gasteiger partial charge >= 0.3 is 6.61 Å². The summed E-state index contributed by atoms with van der Waals surface area (Å²) in [6.07, 6.45) is 5.39. The summed E-state index contributed by atoms with van der Waals surface area (Å²) in [4.78, 5) is 12.4. The van der Waals surface area contributed by atoms with Crippen molar-refractivity contribution >= 4 is 17.5 Å². The molecule has 0 fully saturated rings. The molecule has 0 spiro atoms. The maximum Gasteiger partial charge on any atom is 0.388 e. The maximum absolute atomic E-state index is 12.7. The molecule has 1 aromatic carbocycles. The number of benzene rings is 1. The number of alkyl halides is 2. The van der Waals surface area contributed by atoms with Crippen LogP contribution in [0, 0.1) is 0 Å². The fraction of sp³-hybridized carbons (Fsp3) is 0.167. The third-order valence-electron chi connectivity index (χ3n) is 3.58. The van der Waals surface area contributed by atoms with E-state index in [4.69, 9.17) is 11.6 Å². The van der Waals surface area contributed by atoms with Crippen LogP contribution in [0.1, 0.15) is 11.1 Å². The summed E-state index contributed by atoms with van der Waals surface area (Å²) in [5, 5.41) is 3.34. The van der Waals surface area contributed by atoms with Crippen molar-refractivity contribution in [2.24, 2.45) is 0 Å². The minimum absolute atomic E-state index is 0.146. The van der Waals surface area contributed by atoms with E-state index in [1.807, 2.05) is 0 Å². The zero-order chi connectivity index (χ0) is 18.5. The van der Waals surface area contributed by atoms with Crippen molar-refractivity contribution in [2.75, 3.05) is 12.4 Å². The van der Waals surface area contributed by atoms with Gasteiger partial charge in [-0.3, -0.25) is 0 Å². The molecule has 26 heavy (non-hydrogen) atoms. The van der Waals surface area contributed by atoms with Gasteiger partial charge in [-0.05, 0) is 34.9 Å². The van der Waals surface area contributed by atoms with Crippen LogP contribution in [0.2, 0.25) is 5.02 Å². The van der Waals surface area contributed by atoms with Gasteiger partial charge in [0.05, 0.1) is 0 Å². The topological polar surface area (TPSA) is 59.9 Å². The second-order valence-electron chi connectivity index (χ2n) is 5.43. The summed E-state index contributed by atoms with van der Waals surface area (Å²) in [5.41, 5.74) is 2.76. The van der Waals surface area contributed by atoms with Crippen LogP contribution in [0.4, 0.5) is 14.7 Å². The summed E-state index contributed by atoms with van der Waals surface area (Å²) in [6, 6.07) is 8.63. The molecule has 3 aromatic rings. The minimum atomic E-state index is -2.96. The Balaban J connectivity index is 1.95. The quantitative estimate of drug-likeness (QED) is 0.689. The van der Waals surface area contributed by atoms with Crippen LogP contribution in [-0.2, 0) is 6.42 Å². The molecule has 8 heteroatoms. The highest BCUT2D eigenvalue weighted by Crippen LogP contribution is 2.32. The molecule has 0 unspecified atom stereocenters. The molecule has 3 rings (SSSR count). The van der Waals surface area contributed by atoms with E-state index in [0.717, 1.165) is 11.1 Å². The molecule has 134 valence electrons. The molecule has 0 aliphatic heterocycles. The highest BCUT2D eigenvalue weighted by atomic mass is 35.5. The predicted octanol–water partition coefficient (Wildman–Crippen LogP) is 4.43. The highest BCUT2D eigenvalue weighted by molar-refractivity contribution is 6.30. The largest absolute Gasteiger partial charge is 0.416 e. The van der Waals surface area contributed by atoms with Gasteiger partial charge in [-0.2, -0.15) is 8.78 Å². The predicted molar refractivity (Wildman–Crippen MR) is 95.7 cm³/mol. The van der Waals surface area contributed by atoms with Gasteiger partial charge in [0.15, 0.2) is 0 Å². The second kappa shape index (κ2) is 8.05. The first-order valence-corrected chi connectivity index (χ1v) is 8.11. The Morgan fingerprint density at radius 2 is 1.81 bits per heavy atom. The van der Waals surface area contributed by atoms with Crippen molar-refractivity contribution < 1.29 is 13.5 Å². The normalized spacial score (nSPS) is 10.8. The first-order chi connectivity index (χ1) is 12.5. The lowest BCUT2D eigenvalue weighted by Gasteiger charge is -2.12. The van der Waals surface area contributed by atoms with E-state index in [1.54, 1.807) is 49.8 Å². The molecule has 0 bridgehead atoms. The monoisotopic (exact) mass is 376 g/mol. The van der Waals surface area contributed by atoms with Gasteiger partial charge in [0.2, 0.25) is 11.8 Å². The molecule has 0 aliphatic rings. The Morgan fingerprint density at radius 1 is 1.08 bits per heavy atom. The zero-order valence-electron chi connectivity index (χ0n) is 13.8. The molecule has 0 atom stereocenters. The average molecular weight is 377 g/mol. The summed E-state index contributed by atoms with van der Waals surface area (Å²) >= 11 is 6.02. The van der Waals surface area contributed by atoms with Gasteiger partial charge in [0, 0.05) is 42.6 Å². The third-order valence-corrected chi connectivity index (χ3v) is 3.82. The molecular formula is C18H15ClF2N4O. The second-order valence-corrected chi connectivity index (χ2v) is 5.86. The van der Waals surface area contributed by atoms with E-state index in [-0.39, 0.29) is 5.88 Å². The van der Waals surface area contributed by atoms with Crippen molar-refractivity contribution in [2.45, 2.75) is 13.0 Å². The van der Waals surface area contributed by atoms with Crippen molar-refractivity contribution in [3.63, 3.8) is 0 Å². The first-order valence-electron chi connectivity index (χ1n) is 7.73. The Bertz CT molecular complexity index is 891. The Labute approximate surface area is 154 Å². The number of rotatable bonds is 6. The fourth-order valence-electron chi connectivity index (χ4n) is 2.44. The molecule has 0 amide bonds. The number of nitrogens with zero attached hydrogens (tertiary/aromatic N) is 3. The SMILES string of the molecule is CNc1ncc(Cc2cnc(OC(F)F)c(-c3cccc(Cl)c3)c2)cn1. The molecular weight excluding hydrogens is 362 g/mol. The number of nitrogens with one attached hydrogen (secondary N) is 1. The van der Waals surface area contributed by atoms with Crippen LogP contribution in [0.25, 0.3) is 11.1 Å². The zero-order valence-corrected chi connectivity index (χ0v) is 14.5. The molecule has 1 N–H and O–H groups in total. The number of anilines is 1. The van der Waals surface area contributed by atoms with Crippen molar-refractivity contribution in [3.05, 3.63) is 65.1 Å². The summed E-state index contributed by atoms with van der Waals surface area (Å²) in [5.74, 6) is 0.375. The van der Waals surface area contributed by atoms with Crippen LogP contribution < -0.4 is 10.1 Å². The number of ether oxygens (including phenoxy) is 1. The number of hydrogen-bond acceptors (Lipinski definition) is 5. The molecule has 0 saturated heterocycles. The summed E-state index contributed by atoms with van der Waals surface area (Å²) < 4.78 is 30.0. The number of hydrogen-bond donors (Lipinski definition) is 1. The number of pyridine rings is 1. The Morgan fingerprint density at radius 3 is 2.46 bits per heavy atom. The van der Waals surface area contributed by atoms with E-state index >= 15 is 0 Å². The van der Waals surface area contributed by atoms with Gasteiger partial charge < -0.3 is 10.1 Å².